The van der Waals surface area contributed by atoms with E-state index in [-0.39, 0.29) is 0 Å². The molecule has 1 aromatic rings. The highest BCUT2D eigenvalue weighted by atomic mass is 15.4. The van der Waals surface area contributed by atoms with Crippen molar-refractivity contribution in [2.75, 3.05) is 17.6 Å². The fourth-order valence-electron chi connectivity index (χ4n) is 2.29. The molecule has 76 valence electrons. The number of nitrogens with two attached hydrogens (primary N) is 1. The first kappa shape index (κ1) is 8.08. The number of hydrogen-bond donors (Lipinski definition) is 2. The smallest absolute Gasteiger partial charge is 0.241 e. The molecule has 1 atom stereocenters. The summed E-state index contributed by atoms with van der Waals surface area (Å²) < 4.78 is 1.98. The van der Waals surface area contributed by atoms with Crippen molar-refractivity contribution < 1.29 is 0 Å². The molecule has 2 aliphatic rings. The molecule has 0 spiro atoms. The Morgan fingerprint density at radius 1 is 1.57 bits per heavy atom. The van der Waals surface area contributed by atoms with Crippen LogP contribution in [0.5, 0.6) is 0 Å². The second-order valence-corrected chi connectivity index (χ2v) is 4.62. The quantitative estimate of drug-likeness (QED) is 0.698. The van der Waals surface area contributed by atoms with Crippen molar-refractivity contribution >= 4 is 11.9 Å². The standard InChI is InChI=1S/C9H15N5/c1-9(3-4-9)6-2-5-11-8-12-7(10)13-14(6)8/h6H,2-5H2,1H3,(H3,10,11,12,13). The molecule has 2 heterocycles. The van der Waals surface area contributed by atoms with E-state index in [1.165, 1.54) is 12.8 Å². The number of hydrogen-bond acceptors (Lipinski definition) is 4. The molecule has 1 aromatic heterocycles. The maximum Gasteiger partial charge on any atom is 0.241 e. The van der Waals surface area contributed by atoms with Gasteiger partial charge in [0.1, 0.15) is 0 Å². The summed E-state index contributed by atoms with van der Waals surface area (Å²) in [5.74, 6) is 1.22. The molecular weight excluding hydrogens is 178 g/mol. The van der Waals surface area contributed by atoms with Gasteiger partial charge in [0.05, 0.1) is 6.04 Å². The van der Waals surface area contributed by atoms with Crippen LogP contribution in [0, 0.1) is 5.41 Å². The third-order valence-electron chi connectivity index (χ3n) is 3.49. The molecule has 5 heteroatoms. The lowest BCUT2D eigenvalue weighted by molar-refractivity contribution is 0.284. The number of anilines is 2. The summed E-state index contributed by atoms with van der Waals surface area (Å²) in [5, 5.41) is 7.48. The largest absolute Gasteiger partial charge is 0.366 e. The summed E-state index contributed by atoms with van der Waals surface area (Å²) in [6.45, 7) is 3.31. The highest BCUT2D eigenvalue weighted by molar-refractivity contribution is 5.34. The van der Waals surface area contributed by atoms with Crippen molar-refractivity contribution in [2.24, 2.45) is 5.41 Å². The van der Waals surface area contributed by atoms with Crippen LogP contribution >= 0.6 is 0 Å². The van der Waals surface area contributed by atoms with Gasteiger partial charge in [0.2, 0.25) is 11.9 Å². The molecule has 1 saturated carbocycles. The van der Waals surface area contributed by atoms with E-state index < -0.39 is 0 Å². The lowest BCUT2D eigenvalue weighted by atomic mass is 9.95. The molecule has 1 aliphatic carbocycles. The highest BCUT2D eigenvalue weighted by Crippen LogP contribution is 2.55. The van der Waals surface area contributed by atoms with Gasteiger partial charge in [0.25, 0.3) is 0 Å². The van der Waals surface area contributed by atoms with Crippen LogP contribution in [0.1, 0.15) is 32.2 Å². The maximum atomic E-state index is 5.60. The lowest BCUT2D eigenvalue weighted by Crippen LogP contribution is -2.29. The topological polar surface area (TPSA) is 68.8 Å². The number of nitrogen functional groups attached to an aromatic ring is 1. The average Bonchev–Trinajstić information content (AvgIpc) is 2.78. The van der Waals surface area contributed by atoms with Crippen LogP contribution in [-0.4, -0.2) is 21.3 Å². The minimum atomic E-state index is 0.378. The van der Waals surface area contributed by atoms with Gasteiger partial charge in [-0.05, 0) is 24.7 Å². The lowest BCUT2D eigenvalue weighted by Gasteiger charge is -2.29. The van der Waals surface area contributed by atoms with Crippen LogP contribution in [0.2, 0.25) is 0 Å². The van der Waals surface area contributed by atoms with E-state index in [9.17, 15) is 0 Å². The van der Waals surface area contributed by atoms with Crippen molar-refractivity contribution in [1.82, 2.24) is 14.8 Å². The van der Waals surface area contributed by atoms with Crippen LogP contribution in [-0.2, 0) is 0 Å². The van der Waals surface area contributed by atoms with E-state index in [0.717, 1.165) is 18.9 Å². The zero-order valence-corrected chi connectivity index (χ0v) is 8.32. The summed E-state index contributed by atoms with van der Waals surface area (Å²) in [7, 11) is 0. The first-order chi connectivity index (χ1) is 6.69. The van der Waals surface area contributed by atoms with Crippen molar-refractivity contribution in [3.8, 4) is 0 Å². The Morgan fingerprint density at radius 2 is 2.36 bits per heavy atom. The van der Waals surface area contributed by atoms with Crippen molar-refractivity contribution in [2.45, 2.75) is 32.2 Å². The summed E-state index contributed by atoms with van der Waals surface area (Å²) >= 11 is 0. The van der Waals surface area contributed by atoms with E-state index >= 15 is 0 Å². The SMILES string of the molecule is CC1(C2CCNc3nc(N)nn32)CC1. The zero-order chi connectivity index (χ0) is 9.76. The van der Waals surface area contributed by atoms with Gasteiger partial charge in [-0.2, -0.15) is 4.98 Å². The first-order valence-electron chi connectivity index (χ1n) is 5.15. The molecule has 0 saturated heterocycles. The number of rotatable bonds is 1. The first-order valence-corrected chi connectivity index (χ1v) is 5.15. The highest BCUT2D eigenvalue weighted by Gasteiger charge is 2.47. The van der Waals surface area contributed by atoms with E-state index in [1.54, 1.807) is 0 Å². The second-order valence-electron chi connectivity index (χ2n) is 4.62. The Balaban J connectivity index is 2.02. The van der Waals surface area contributed by atoms with Crippen LogP contribution in [0.3, 0.4) is 0 Å². The Labute approximate surface area is 82.7 Å². The molecule has 0 bridgehead atoms. The third-order valence-corrected chi connectivity index (χ3v) is 3.49. The summed E-state index contributed by atoms with van der Waals surface area (Å²) in [6.07, 6.45) is 3.74. The Kier molecular flexibility index (Phi) is 1.39. The van der Waals surface area contributed by atoms with Crippen LogP contribution in [0.25, 0.3) is 0 Å². The van der Waals surface area contributed by atoms with Crippen LogP contribution < -0.4 is 11.1 Å². The molecule has 0 amide bonds. The van der Waals surface area contributed by atoms with Crippen LogP contribution in [0.15, 0.2) is 0 Å². The van der Waals surface area contributed by atoms with Gasteiger partial charge in [-0.25, -0.2) is 4.68 Å². The normalized spacial score (nSPS) is 27.9. The predicted octanol–water partition coefficient (Wildman–Crippen LogP) is 1.02. The fourth-order valence-corrected chi connectivity index (χ4v) is 2.29. The van der Waals surface area contributed by atoms with Gasteiger partial charge >= 0.3 is 0 Å². The number of nitrogens with zero attached hydrogens (tertiary/aromatic N) is 3. The van der Waals surface area contributed by atoms with Gasteiger partial charge in [-0.1, -0.05) is 6.92 Å². The van der Waals surface area contributed by atoms with Crippen LogP contribution in [0.4, 0.5) is 11.9 Å². The molecule has 1 unspecified atom stereocenters. The molecule has 0 radical (unpaired) electrons. The van der Waals surface area contributed by atoms with Gasteiger partial charge in [-0.15, -0.1) is 5.10 Å². The van der Waals surface area contributed by atoms with Gasteiger partial charge in [-0.3, -0.25) is 0 Å². The molecule has 1 fully saturated rings. The minimum Gasteiger partial charge on any atom is -0.366 e. The molecule has 3 rings (SSSR count). The molecular formula is C9H15N5. The van der Waals surface area contributed by atoms with E-state index in [1.807, 2.05) is 4.68 Å². The number of fused-ring (bicyclic) bond motifs is 1. The predicted molar refractivity (Wildman–Crippen MR) is 53.9 cm³/mol. The Morgan fingerprint density at radius 3 is 3.07 bits per heavy atom. The summed E-state index contributed by atoms with van der Waals surface area (Å²) in [6, 6.07) is 0.489. The summed E-state index contributed by atoms with van der Waals surface area (Å²) in [5.41, 5.74) is 6.04. The molecule has 5 nitrogen and oxygen atoms in total. The summed E-state index contributed by atoms with van der Waals surface area (Å²) in [4.78, 5) is 4.16. The van der Waals surface area contributed by atoms with Gasteiger partial charge in [0.15, 0.2) is 0 Å². The number of aromatic nitrogens is 3. The maximum absolute atomic E-state index is 5.60. The van der Waals surface area contributed by atoms with Crippen molar-refractivity contribution in [1.29, 1.82) is 0 Å². The Hall–Kier alpha value is -1.26. The van der Waals surface area contributed by atoms with Gasteiger partial charge in [0, 0.05) is 6.54 Å². The number of nitrogens with one attached hydrogen (secondary N) is 1. The monoisotopic (exact) mass is 193 g/mol. The van der Waals surface area contributed by atoms with Crippen molar-refractivity contribution in [3.63, 3.8) is 0 Å². The fraction of sp³-hybridized carbons (Fsp3) is 0.778. The van der Waals surface area contributed by atoms with E-state index in [0.29, 0.717) is 17.4 Å². The average molecular weight is 193 g/mol. The third kappa shape index (κ3) is 1.01. The zero-order valence-electron chi connectivity index (χ0n) is 8.32. The second kappa shape index (κ2) is 2.40. The minimum absolute atomic E-state index is 0.378. The molecule has 3 N–H and O–H groups in total. The van der Waals surface area contributed by atoms with Crippen molar-refractivity contribution in [3.05, 3.63) is 0 Å². The van der Waals surface area contributed by atoms with E-state index in [2.05, 4.69) is 22.3 Å². The van der Waals surface area contributed by atoms with E-state index in [4.69, 9.17) is 5.73 Å². The molecule has 14 heavy (non-hydrogen) atoms. The molecule has 1 aliphatic heterocycles. The van der Waals surface area contributed by atoms with Gasteiger partial charge < -0.3 is 11.1 Å². The molecule has 0 aromatic carbocycles. The Bertz CT molecular complexity index is 365.